The first-order valence-electron chi connectivity index (χ1n) is 7.99. The predicted molar refractivity (Wildman–Crippen MR) is 92.2 cm³/mol. The number of amides is 2. The molecule has 0 saturated heterocycles. The molecule has 2 amide bonds. The summed E-state index contributed by atoms with van der Waals surface area (Å²) < 4.78 is 0. The smallest absolute Gasteiger partial charge is 0.224 e. The summed E-state index contributed by atoms with van der Waals surface area (Å²) >= 11 is 0. The molecular weight excluding hydrogens is 292 g/mol. The minimum atomic E-state index is -0.411. The third kappa shape index (κ3) is 8.98. The second kappa shape index (κ2) is 8.67. The molecule has 0 saturated carbocycles. The average molecular weight is 320 g/mol. The number of hydrogen-bond acceptors (Lipinski definition) is 3. The lowest BCUT2D eigenvalue weighted by Gasteiger charge is -2.17. The SMILES string of the molecule is CC(O)CCNC(=O)Cc1ccc(NC(=O)CC(C)(C)C)cc1. The lowest BCUT2D eigenvalue weighted by Crippen LogP contribution is -2.27. The predicted octanol–water partition coefficient (Wildman–Crippen LogP) is 2.49. The number of aliphatic hydroxyl groups excluding tert-OH is 1. The Hall–Kier alpha value is -1.88. The zero-order valence-electron chi connectivity index (χ0n) is 14.5. The molecule has 1 rings (SSSR count). The van der Waals surface area contributed by atoms with Gasteiger partial charge >= 0.3 is 0 Å². The molecule has 1 aromatic carbocycles. The number of rotatable bonds is 7. The van der Waals surface area contributed by atoms with Crippen molar-refractivity contribution in [3.63, 3.8) is 0 Å². The van der Waals surface area contributed by atoms with E-state index in [2.05, 4.69) is 10.6 Å². The second-order valence-electron chi connectivity index (χ2n) is 7.15. The fraction of sp³-hybridized carbons (Fsp3) is 0.556. The Morgan fingerprint density at radius 1 is 1.13 bits per heavy atom. The lowest BCUT2D eigenvalue weighted by molar-refractivity contribution is -0.120. The van der Waals surface area contributed by atoms with Gasteiger partial charge in [0, 0.05) is 18.7 Å². The third-order valence-electron chi connectivity index (χ3n) is 3.18. The Morgan fingerprint density at radius 2 is 1.74 bits per heavy atom. The summed E-state index contributed by atoms with van der Waals surface area (Å²) in [5.74, 6) is -0.0868. The minimum Gasteiger partial charge on any atom is -0.393 e. The van der Waals surface area contributed by atoms with Gasteiger partial charge in [-0.25, -0.2) is 0 Å². The zero-order valence-corrected chi connectivity index (χ0v) is 14.5. The summed E-state index contributed by atoms with van der Waals surface area (Å²) in [6, 6.07) is 7.28. The van der Waals surface area contributed by atoms with E-state index in [4.69, 9.17) is 5.11 Å². The van der Waals surface area contributed by atoms with Crippen LogP contribution in [0.2, 0.25) is 0 Å². The van der Waals surface area contributed by atoms with Crippen molar-refractivity contribution in [2.75, 3.05) is 11.9 Å². The Balaban J connectivity index is 2.44. The first kappa shape index (κ1) is 19.2. The first-order chi connectivity index (χ1) is 10.7. The van der Waals surface area contributed by atoms with Gasteiger partial charge in [0.2, 0.25) is 11.8 Å². The van der Waals surface area contributed by atoms with Gasteiger partial charge in [-0.05, 0) is 36.5 Å². The van der Waals surface area contributed by atoms with Crippen LogP contribution in [0.4, 0.5) is 5.69 Å². The third-order valence-corrected chi connectivity index (χ3v) is 3.18. The van der Waals surface area contributed by atoms with Crippen molar-refractivity contribution in [3.8, 4) is 0 Å². The van der Waals surface area contributed by atoms with Crippen LogP contribution in [-0.4, -0.2) is 29.6 Å². The van der Waals surface area contributed by atoms with Crippen molar-refractivity contribution in [2.45, 2.75) is 53.1 Å². The number of carbonyl (C=O) groups is 2. The fourth-order valence-electron chi connectivity index (χ4n) is 2.06. The number of nitrogens with one attached hydrogen (secondary N) is 2. The highest BCUT2D eigenvalue weighted by atomic mass is 16.3. The Bertz CT molecular complexity index is 516. The summed E-state index contributed by atoms with van der Waals surface area (Å²) in [6.07, 6.45) is 0.882. The Labute approximate surface area is 138 Å². The van der Waals surface area contributed by atoms with Crippen LogP contribution in [-0.2, 0) is 16.0 Å². The number of carbonyl (C=O) groups excluding carboxylic acids is 2. The van der Waals surface area contributed by atoms with Crippen molar-refractivity contribution in [3.05, 3.63) is 29.8 Å². The summed E-state index contributed by atoms with van der Waals surface area (Å²) in [4.78, 5) is 23.6. The molecule has 1 unspecified atom stereocenters. The van der Waals surface area contributed by atoms with Crippen LogP contribution in [0.3, 0.4) is 0 Å². The first-order valence-corrected chi connectivity index (χ1v) is 7.99. The summed E-state index contributed by atoms with van der Waals surface area (Å²) in [5.41, 5.74) is 1.57. The molecule has 5 nitrogen and oxygen atoms in total. The molecule has 0 radical (unpaired) electrons. The van der Waals surface area contributed by atoms with Gasteiger partial charge in [-0.3, -0.25) is 9.59 Å². The topological polar surface area (TPSA) is 78.4 Å². The second-order valence-corrected chi connectivity index (χ2v) is 7.15. The molecule has 0 aliphatic heterocycles. The lowest BCUT2D eigenvalue weighted by atomic mass is 9.92. The van der Waals surface area contributed by atoms with Crippen molar-refractivity contribution >= 4 is 17.5 Å². The zero-order chi connectivity index (χ0) is 17.5. The van der Waals surface area contributed by atoms with Crippen LogP contribution < -0.4 is 10.6 Å². The van der Waals surface area contributed by atoms with Gasteiger partial charge in [-0.15, -0.1) is 0 Å². The van der Waals surface area contributed by atoms with Gasteiger partial charge in [0.25, 0.3) is 0 Å². The fourth-order valence-corrected chi connectivity index (χ4v) is 2.06. The van der Waals surface area contributed by atoms with E-state index in [0.29, 0.717) is 19.4 Å². The van der Waals surface area contributed by atoms with E-state index in [9.17, 15) is 9.59 Å². The van der Waals surface area contributed by atoms with Gasteiger partial charge in [0.05, 0.1) is 12.5 Å². The molecule has 0 bridgehead atoms. The van der Waals surface area contributed by atoms with Crippen LogP contribution in [0.15, 0.2) is 24.3 Å². The van der Waals surface area contributed by atoms with E-state index in [0.717, 1.165) is 11.3 Å². The molecule has 0 aromatic heterocycles. The van der Waals surface area contributed by atoms with Crippen molar-refractivity contribution in [1.29, 1.82) is 0 Å². The van der Waals surface area contributed by atoms with Crippen LogP contribution in [0.1, 0.15) is 46.1 Å². The molecule has 0 aliphatic rings. The molecule has 3 N–H and O–H groups in total. The molecule has 1 atom stereocenters. The summed E-state index contributed by atoms with van der Waals surface area (Å²) in [6.45, 7) is 8.22. The number of hydrogen-bond donors (Lipinski definition) is 3. The highest BCUT2D eigenvalue weighted by Crippen LogP contribution is 2.19. The standard InChI is InChI=1S/C18H28N2O3/c1-13(21)9-10-19-16(22)11-14-5-7-15(8-6-14)20-17(23)12-18(2,3)4/h5-8,13,21H,9-12H2,1-4H3,(H,19,22)(H,20,23). The van der Waals surface area contributed by atoms with Crippen LogP contribution >= 0.6 is 0 Å². The maximum atomic E-state index is 11.9. The van der Waals surface area contributed by atoms with E-state index >= 15 is 0 Å². The maximum Gasteiger partial charge on any atom is 0.224 e. The molecular formula is C18H28N2O3. The van der Waals surface area contributed by atoms with Crippen LogP contribution in [0.5, 0.6) is 0 Å². The molecule has 0 heterocycles. The van der Waals surface area contributed by atoms with E-state index in [-0.39, 0.29) is 23.7 Å². The number of aliphatic hydroxyl groups is 1. The van der Waals surface area contributed by atoms with Crippen molar-refractivity contribution in [2.24, 2.45) is 5.41 Å². The number of benzene rings is 1. The maximum absolute atomic E-state index is 11.9. The monoisotopic (exact) mass is 320 g/mol. The van der Waals surface area contributed by atoms with Crippen molar-refractivity contribution < 1.29 is 14.7 Å². The van der Waals surface area contributed by atoms with Crippen LogP contribution in [0, 0.1) is 5.41 Å². The normalized spacial score (nSPS) is 12.6. The average Bonchev–Trinajstić information content (AvgIpc) is 2.38. The Morgan fingerprint density at radius 3 is 2.26 bits per heavy atom. The molecule has 5 heteroatoms. The largest absolute Gasteiger partial charge is 0.393 e. The van der Waals surface area contributed by atoms with Gasteiger partial charge in [0.1, 0.15) is 0 Å². The van der Waals surface area contributed by atoms with E-state index in [1.807, 2.05) is 32.9 Å². The van der Waals surface area contributed by atoms with E-state index in [1.54, 1.807) is 19.1 Å². The number of anilines is 1. The van der Waals surface area contributed by atoms with Gasteiger partial charge in [-0.1, -0.05) is 32.9 Å². The Kier molecular flexibility index (Phi) is 7.23. The molecule has 0 fully saturated rings. The summed E-state index contributed by atoms with van der Waals surface area (Å²) in [5, 5.41) is 14.8. The summed E-state index contributed by atoms with van der Waals surface area (Å²) in [7, 11) is 0. The minimum absolute atomic E-state index is 0.0129. The van der Waals surface area contributed by atoms with Crippen molar-refractivity contribution in [1.82, 2.24) is 5.32 Å². The van der Waals surface area contributed by atoms with Gasteiger partial charge in [-0.2, -0.15) is 0 Å². The van der Waals surface area contributed by atoms with Gasteiger partial charge < -0.3 is 15.7 Å². The highest BCUT2D eigenvalue weighted by molar-refractivity contribution is 5.91. The van der Waals surface area contributed by atoms with E-state index < -0.39 is 6.10 Å². The molecule has 0 aliphatic carbocycles. The molecule has 128 valence electrons. The highest BCUT2D eigenvalue weighted by Gasteiger charge is 2.15. The molecule has 23 heavy (non-hydrogen) atoms. The van der Waals surface area contributed by atoms with E-state index in [1.165, 1.54) is 0 Å². The van der Waals surface area contributed by atoms with Gasteiger partial charge in [0.15, 0.2) is 0 Å². The quantitative estimate of drug-likeness (QED) is 0.722. The van der Waals surface area contributed by atoms with Crippen LogP contribution in [0.25, 0.3) is 0 Å². The molecule has 1 aromatic rings. The molecule has 0 spiro atoms.